The minimum Gasteiger partial charge on any atom is -0.391 e. The van der Waals surface area contributed by atoms with E-state index in [0.29, 0.717) is 0 Å². The van der Waals surface area contributed by atoms with E-state index in [2.05, 4.69) is 18.0 Å². The van der Waals surface area contributed by atoms with E-state index < -0.39 is 0 Å². The second-order valence-corrected chi connectivity index (χ2v) is 2.53. The van der Waals surface area contributed by atoms with Gasteiger partial charge in [-0.3, -0.25) is 0 Å². The van der Waals surface area contributed by atoms with Crippen molar-refractivity contribution in [3.05, 3.63) is 34.7 Å². The van der Waals surface area contributed by atoms with Gasteiger partial charge in [0, 0.05) is 12.7 Å². The summed E-state index contributed by atoms with van der Waals surface area (Å²) in [5.41, 5.74) is 1.16. The van der Waals surface area contributed by atoms with E-state index in [1.165, 1.54) is 5.22 Å². The molecule has 0 aliphatic heterocycles. The molecule has 1 N–H and O–H groups in total. The van der Waals surface area contributed by atoms with Crippen LogP contribution in [0.5, 0.6) is 0 Å². The molecule has 13 heavy (non-hydrogen) atoms. The van der Waals surface area contributed by atoms with E-state index in [0.717, 1.165) is 10.9 Å². The minimum atomic E-state index is 1.07. The lowest BCUT2D eigenvalue weighted by Crippen LogP contribution is -2.28. The molecule has 0 unspecified atom stereocenters. The molecular weight excluding hydrogens is 158 g/mol. The van der Waals surface area contributed by atoms with Crippen molar-refractivity contribution in [1.82, 2.24) is 5.32 Å². The van der Waals surface area contributed by atoms with Crippen LogP contribution < -0.4 is 15.8 Å². The number of rotatable bonds is 1. The Labute approximate surface area is 80.8 Å². The maximum atomic E-state index is 3.93. The summed E-state index contributed by atoms with van der Waals surface area (Å²) in [6, 6.07) is 8.09. The first-order valence-corrected chi connectivity index (χ1v) is 4.68. The summed E-state index contributed by atoms with van der Waals surface area (Å²) < 4.78 is 0. The largest absolute Gasteiger partial charge is 0.391 e. The standard InChI is InChI=1S/C10H13N.C2H6/c1-8-6-4-5-7-10(8)9(2)11-3;1-2/h4-7,11H,1H2,2-3H3;1-2H3/b10-9+;. The van der Waals surface area contributed by atoms with Gasteiger partial charge in [-0.1, -0.05) is 44.7 Å². The van der Waals surface area contributed by atoms with Crippen molar-refractivity contribution in [1.29, 1.82) is 0 Å². The third-order valence-corrected chi connectivity index (χ3v) is 1.80. The summed E-state index contributed by atoms with van der Waals surface area (Å²) in [5.74, 6) is 0. The highest BCUT2D eigenvalue weighted by atomic mass is 14.8. The van der Waals surface area contributed by atoms with Crippen LogP contribution in [0.25, 0.3) is 12.3 Å². The molecule has 0 amide bonds. The molecule has 1 nitrogen and oxygen atoms in total. The zero-order valence-electron chi connectivity index (χ0n) is 9.02. The second kappa shape index (κ2) is 6.30. The van der Waals surface area contributed by atoms with Crippen molar-refractivity contribution < 1.29 is 0 Å². The SMILES string of the molecule is C=c1cccc/c1=C(/C)NC.CC. The van der Waals surface area contributed by atoms with Crippen LogP contribution in [0, 0.1) is 0 Å². The summed E-state index contributed by atoms with van der Waals surface area (Å²) in [6.07, 6.45) is 0. The number of hydrogen-bond donors (Lipinski definition) is 1. The van der Waals surface area contributed by atoms with Gasteiger partial charge < -0.3 is 5.32 Å². The quantitative estimate of drug-likeness (QED) is 0.685. The molecule has 0 radical (unpaired) electrons. The van der Waals surface area contributed by atoms with Crippen molar-refractivity contribution in [2.24, 2.45) is 0 Å². The summed E-state index contributed by atoms with van der Waals surface area (Å²) in [7, 11) is 1.92. The average molecular weight is 177 g/mol. The first-order chi connectivity index (χ1) is 6.25. The average Bonchev–Trinajstić information content (AvgIpc) is 2.20. The van der Waals surface area contributed by atoms with E-state index in [1.807, 2.05) is 46.0 Å². The molecule has 0 fully saturated rings. The smallest absolute Gasteiger partial charge is 0.0152 e. The topological polar surface area (TPSA) is 12.0 Å². The van der Waals surface area contributed by atoms with Gasteiger partial charge in [0.1, 0.15) is 0 Å². The van der Waals surface area contributed by atoms with Crippen LogP contribution in [0.2, 0.25) is 0 Å². The Bertz CT molecular complexity index is 338. The Morgan fingerprint density at radius 3 is 2.23 bits per heavy atom. The van der Waals surface area contributed by atoms with Crippen LogP contribution in [0.15, 0.2) is 24.3 Å². The van der Waals surface area contributed by atoms with E-state index in [1.54, 1.807) is 0 Å². The number of nitrogens with one attached hydrogen (secondary N) is 1. The molecule has 0 spiro atoms. The molecule has 0 atom stereocenters. The van der Waals surface area contributed by atoms with Crippen LogP contribution in [0.3, 0.4) is 0 Å². The van der Waals surface area contributed by atoms with Crippen LogP contribution in [0.4, 0.5) is 0 Å². The second-order valence-electron chi connectivity index (χ2n) is 2.53. The number of hydrogen-bond acceptors (Lipinski definition) is 1. The van der Waals surface area contributed by atoms with E-state index in [9.17, 15) is 0 Å². The van der Waals surface area contributed by atoms with Gasteiger partial charge >= 0.3 is 0 Å². The van der Waals surface area contributed by atoms with E-state index in [4.69, 9.17) is 0 Å². The van der Waals surface area contributed by atoms with Gasteiger partial charge in [-0.25, -0.2) is 0 Å². The first kappa shape index (κ1) is 11.8. The van der Waals surface area contributed by atoms with Crippen molar-refractivity contribution >= 4 is 12.3 Å². The van der Waals surface area contributed by atoms with Gasteiger partial charge in [-0.05, 0) is 17.4 Å². The van der Waals surface area contributed by atoms with Crippen molar-refractivity contribution in [3.63, 3.8) is 0 Å². The summed E-state index contributed by atoms with van der Waals surface area (Å²) in [6.45, 7) is 9.97. The fourth-order valence-corrected chi connectivity index (χ4v) is 1.02. The lowest BCUT2D eigenvalue weighted by Gasteiger charge is -1.97. The highest BCUT2D eigenvalue weighted by Gasteiger charge is 1.85. The molecule has 0 aromatic heterocycles. The Morgan fingerprint density at radius 1 is 1.23 bits per heavy atom. The van der Waals surface area contributed by atoms with Crippen molar-refractivity contribution in [2.75, 3.05) is 7.05 Å². The van der Waals surface area contributed by atoms with Crippen LogP contribution in [-0.4, -0.2) is 7.05 Å². The summed E-state index contributed by atoms with van der Waals surface area (Å²) in [4.78, 5) is 0. The minimum absolute atomic E-state index is 1.07. The predicted molar refractivity (Wildman–Crippen MR) is 60.7 cm³/mol. The molecule has 0 aliphatic rings. The van der Waals surface area contributed by atoms with Crippen molar-refractivity contribution in [2.45, 2.75) is 20.8 Å². The van der Waals surface area contributed by atoms with Crippen LogP contribution in [0.1, 0.15) is 20.8 Å². The highest BCUT2D eigenvalue weighted by Crippen LogP contribution is 1.78. The highest BCUT2D eigenvalue weighted by molar-refractivity contribution is 5.39. The zero-order valence-corrected chi connectivity index (χ0v) is 9.02. The van der Waals surface area contributed by atoms with Gasteiger partial charge in [-0.15, -0.1) is 0 Å². The summed E-state index contributed by atoms with van der Waals surface area (Å²) >= 11 is 0. The molecule has 0 saturated carbocycles. The molecule has 1 aromatic rings. The molecule has 0 bridgehead atoms. The molecule has 1 aromatic carbocycles. The zero-order chi connectivity index (χ0) is 10.3. The fourth-order valence-electron chi connectivity index (χ4n) is 1.02. The molecule has 72 valence electrons. The maximum Gasteiger partial charge on any atom is 0.0152 e. The molecule has 1 rings (SSSR count). The fraction of sp³-hybridized carbons (Fsp3) is 0.333. The molecule has 0 aliphatic carbocycles. The third kappa shape index (κ3) is 3.32. The Balaban J connectivity index is 0.000000671. The monoisotopic (exact) mass is 177 g/mol. The predicted octanol–water partition coefficient (Wildman–Crippen LogP) is 1.47. The molecule has 0 saturated heterocycles. The normalized spacial score (nSPS) is 11.1. The maximum absolute atomic E-state index is 3.93. The lowest BCUT2D eigenvalue weighted by atomic mass is 10.2. The number of benzene rings is 1. The molecular formula is C12H19N. The van der Waals surface area contributed by atoms with E-state index in [-0.39, 0.29) is 0 Å². The van der Waals surface area contributed by atoms with Gasteiger partial charge in [0.25, 0.3) is 0 Å². The van der Waals surface area contributed by atoms with Crippen LogP contribution >= 0.6 is 0 Å². The van der Waals surface area contributed by atoms with Gasteiger partial charge in [0.2, 0.25) is 0 Å². The third-order valence-electron chi connectivity index (χ3n) is 1.80. The molecule has 0 heterocycles. The summed E-state index contributed by atoms with van der Waals surface area (Å²) in [5, 5.41) is 5.36. The Morgan fingerprint density at radius 2 is 1.77 bits per heavy atom. The van der Waals surface area contributed by atoms with Crippen LogP contribution in [-0.2, 0) is 0 Å². The van der Waals surface area contributed by atoms with Crippen molar-refractivity contribution in [3.8, 4) is 0 Å². The lowest BCUT2D eigenvalue weighted by molar-refractivity contribution is 1.09. The van der Waals surface area contributed by atoms with Gasteiger partial charge in [-0.2, -0.15) is 0 Å². The van der Waals surface area contributed by atoms with E-state index >= 15 is 0 Å². The Kier molecular flexibility index (Phi) is 5.69. The molecule has 1 heteroatoms. The van der Waals surface area contributed by atoms with Gasteiger partial charge in [0.05, 0.1) is 0 Å². The van der Waals surface area contributed by atoms with Gasteiger partial charge in [0.15, 0.2) is 0 Å². The first-order valence-electron chi connectivity index (χ1n) is 4.68. The Hall–Kier alpha value is -1.24.